The van der Waals surface area contributed by atoms with Crippen LogP contribution in [0.15, 0.2) is 24.3 Å². The van der Waals surface area contributed by atoms with Gasteiger partial charge in [-0.3, -0.25) is 4.79 Å². The van der Waals surface area contributed by atoms with Gasteiger partial charge in [0.05, 0.1) is 11.4 Å². The number of hydrogen-bond acceptors (Lipinski definition) is 6. The maximum atomic E-state index is 14.7. The summed E-state index contributed by atoms with van der Waals surface area (Å²) in [4.78, 5) is 20.0. The highest BCUT2D eigenvalue weighted by molar-refractivity contribution is 7.21. The van der Waals surface area contributed by atoms with E-state index in [0.717, 1.165) is 24.0 Å². The Hall–Kier alpha value is -2.78. The number of carbonyl (C=O) groups excluding carboxylic acids is 1. The van der Waals surface area contributed by atoms with E-state index in [1.165, 1.54) is 23.5 Å². The molecular formula is C22H23F2N5OS. The second-order valence-corrected chi connectivity index (χ2v) is 9.20. The van der Waals surface area contributed by atoms with E-state index in [4.69, 9.17) is 5.73 Å². The first-order chi connectivity index (χ1) is 14.9. The van der Waals surface area contributed by atoms with E-state index in [1.54, 1.807) is 0 Å². The number of nitrogen functional groups attached to an aromatic ring is 1. The zero-order valence-corrected chi connectivity index (χ0v) is 17.9. The Morgan fingerprint density at radius 3 is 2.94 bits per heavy atom. The third-order valence-electron chi connectivity index (χ3n) is 6.10. The van der Waals surface area contributed by atoms with Crippen molar-refractivity contribution in [2.24, 2.45) is 0 Å². The smallest absolute Gasteiger partial charge is 0.263 e. The molecule has 2 aliphatic rings. The molecule has 2 atom stereocenters. The monoisotopic (exact) mass is 443 g/mol. The largest absolute Gasteiger partial charge is 0.397 e. The molecule has 0 spiro atoms. The number of anilines is 2. The van der Waals surface area contributed by atoms with Crippen LogP contribution in [0, 0.1) is 18.6 Å². The van der Waals surface area contributed by atoms with E-state index < -0.39 is 11.6 Å². The Morgan fingerprint density at radius 1 is 1.35 bits per heavy atom. The van der Waals surface area contributed by atoms with Gasteiger partial charge in [-0.05, 0) is 43.5 Å². The quantitative estimate of drug-likeness (QED) is 0.565. The van der Waals surface area contributed by atoms with Crippen molar-refractivity contribution in [1.29, 1.82) is 0 Å². The van der Waals surface area contributed by atoms with Crippen LogP contribution in [-0.2, 0) is 6.42 Å². The number of piperazine rings is 1. The Morgan fingerprint density at radius 2 is 2.19 bits per heavy atom. The molecule has 2 saturated heterocycles. The molecule has 1 amide bonds. The predicted octanol–water partition coefficient (Wildman–Crippen LogP) is 2.99. The first-order valence-electron chi connectivity index (χ1n) is 10.3. The van der Waals surface area contributed by atoms with Crippen LogP contribution in [0.25, 0.3) is 10.2 Å². The fourth-order valence-electron chi connectivity index (χ4n) is 4.49. The molecular weight excluding hydrogens is 420 g/mol. The first-order valence-corrected chi connectivity index (χ1v) is 11.1. The molecule has 1 aromatic carbocycles. The summed E-state index contributed by atoms with van der Waals surface area (Å²) < 4.78 is 29.4. The molecule has 0 radical (unpaired) electrons. The van der Waals surface area contributed by atoms with Crippen LogP contribution in [0.2, 0.25) is 0 Å². The third-order valence-corrected chi connectivity index (χ3v) is 7.22. The second-order valence-electron chi connectivity index (χ2n) is 8.20. The first kappa shape index (κ1) is 20.1. The molecule has 0 aliphatic carbocycles. The molecule has 0 saturated carbocycles. The second kappa shape index (κ2) is 7.72. The highest BCUT2D eigenvalue weighted by Gasteiger charge is 2.38. The van der Waals surface area contributed by atoms with E-state index >= 15 is 0 Å². The average Bonchev–Trinajstić information content (AvgIpc) is 3.45. The minimum absolute atomic E-state index is 0.174. The van der Waals surface area contributed by atoms with Gasteiger partial charge in [-0.2, -0.15) is 0 Å². The van der Waals surface area contributed by atoms with E-state index in [9.17, 15) is 13.6 Å². The van der Waals surface area contributed by atoms with Crippen molar-refractivity contribution < 1.29 is 13.6 Å². The van der Waals surface area contributed by atoms with E-state index in [2.05, 4.69) is 15.6 Å². The third kappa shape index (κ3) is 3.61. The summed E-state index contributed by atoms with van der Waals surface area (Å²) in [7, 11) is 0. The van der Waals surface area contributed by atoms with Crippen LogP contribution in [0.4, 0.5) is 20.2 Å². The Kier molecular flexibility index (Phi) is 5.02. The zero-order chi connectivity index (χ0) is 21.7. The number of nitrogens with zero attached hydrogens (tertiary/aromatic N) is 2. The van der Waals surface area contributed by atoms with Crippen LogP contribution in [0.1, 0.15) is 27.3 Å². The molecule has 0 unspecified atom stereocenters. The van der Waals surface area contributed by atoms with Crippen molar-refractivity contribution >= 4 is 38.8 Å². The Bertz CT molecular complexity index is 1180. The van der Waals surface area contributed by atoms with Crippen molar-refractivity contribution in [1.82, 2.24) is 15.6 Å². The minimum atomic E-state index is -0.456. The molecule has 4 heterocycles. The van der Waals surface area contributed by atoms with Gasteiger partial charge in [0.25, 0.3) is 5.91 Å². The summed E-state index contributed by atoms with van der Waals surface area (Å²) in [5.74, 6) is -1.22. The molecule has 3 aromatic rings. The number of benzene rings is 1. The molecule has 4 N–H and O–H groups in total. The van der Waals surface area contributed by atoms with Gasteiger partial charge in [-0.25, -0.2) is 13.8 Å². The lowest BCUT2D eigenvalue weighted by atomic mass is 10.1. The molecule has 6 nitrogen and oxygen atoms in total. The number of hydrogen-bond donors (Lipinski definition) is 3. The molecule has 9 heteroatoms. The van der Waals surface area contributed by atoms with Gasteiger partial charge < -0.3 is 21.3 Å². The predicted molar refractivity (Wildman–Crippen MR) is 119 cm³/mol. The van der Waals surface area contributed by atoms with Crippen molar-refractivity contribution in [3.05, 3.63) is 52.0 Å². The maximum Gasteiger partial charge on any atom is 0.263 e. The number of pyridine rings is 1. The molecule has 31 heavy (non-hydrogen) atoms. The van der Waals surface area contributed by atoms with E-state index in [-0.39, 0.29) is 30.5 Å². The molecule has 2 aromatic heterocycles. The number of halogens is 2. The summed E-state index contributed by atoms with van der Waals surface area (Å²) in [5, 5.41) is 6.86. The Balaban J connectivity index is 1.26. The average molecular weight is 444 g/mol. The van der Waals surface area contributed by atoms with Crippen molar-refractivity contribution in [2.75, 3.05) is 30.3 Å². The van der Waals surface area contributed by atoms with Crippen molar-refractivity contribution in [3.8, 4) is 0 Å². The van der Waals surface area contributed by atoms with Gasteiger partial charge in [0.2, 0.25) is 0 Å². The number of amides is 1. The summed E-state index contributed by atoms with van der Waals surface area (Å²) in [5.41, 5.74) is 7.91. The van der Waals surface area contributed by atoms with Gasteiger partial charge in [0, 0.05) is 48.9 Å². The van der Waals surface area contributed by atoms with Crippen LogP contribution in [0.5, 0.6) is 0 Å². The number of carbonyl (C=O) groups is 1. The fraction of sp³-hybridized carbons (Fsp3) is 0.364. The lowest BCUT2D eigenvalue weighted by Gasteiger charge is -2.30. The van der Waals surface area contributed by atoms with E-state index in [1.807, 2.05) is 24.0 Å². The topological polar surface area (TPSA) is 83.3 Å². The van der Waals surface area contributed by atoms with Crippen molar-refractivity contribution in [2.45, 2.75) is 31.8 Å². The van der Waals surface area contributed by atoms with Crippen LogP contribution in [-0.4, -0.2) is 42.6 Å². The molecule has 5 rings (SSSR count). The number of nitrogens with one attached hydrogen (secondary N) is 2. The van der Waals surface area contributed by atoms with Crippen LogP contribution in [0.3, 0.4) is 0 Å². The maximum absolute atomic E-state index is 14.7. The lowest BCUT2D eigenvalue weighted by molar-refractivity contribution is 0.0959. The molecule has 2 bridgehead atoms. The molecule has 2 aliphatic heterocycles. The summed E-state index contributed by atoms with van der Waals surface area (Å²) >= 11 is 1.23. The Labute approximate surface area is 182 Å². The number of rotatable bonds is 5. The lowest BCUT2D eigenvalue weighted by Crippen LogP contribution is -2.44. The van der Waals surface area contributed by atoms with Gasteiger partial charge >= 0.3 is 0 Å². The zero-order valence-electron chi connectivity index (χ0n) is 17.0. The summed E-state index contributed by atoms with van der Waals surface area (Å²) in [6, 6.07) is 6.79. The SMILES string of the molecule is Cc1ccc2c(N)c(C(=O)NCCc3cc(F)c(N4C[C@@H]5C[C@H]4CN5)cc3F)sc2n1. The summed E-state index contributed by atoms with van der Waals surface area (Å²) in [6.45, 7) is 3.54. The highest BCUT2D eigenvalue weighted by Crippen LogP contribution is 2.33. The standard InChI is InChI=1S/C22H23F2N5OS/c1-11-2-3-15-19(25)20(31-22(15)28-11)21(30)26-5-4-12-6-17(24)18(8-16(12)23)29-10-13-7-14(29)9-27-13/h2-3,6,8,13-14,27H,4-5,7,9-10,25H2,1H3,(H,26,30)/t13-,14-/m0/s1. The van der Waals surface area contributed by atoms with Crippen LogP contribution < -0.4 is 21.3 Å². The summed E-state index contributed by atoms with van der Waals surface area (Å²) in [6.07, 6.45) is 1.15. The normalized spacial score (nSPS) is 20.0. The fourth-order valence-corrected chi connectivity index (χ4v) is 5.55. The van der Waals surface area contributed by atoms with E-state index in [0.29, 0.717) is 33.7 Å². The molecule has 162 valence electrons. The number of aryl methyl sites for hydroxylation is 1. The number of nitrogens with two attached hydrogens (primary N) is 1. The van der Waals surface area contributed by atoms with Gasteiger partial charge in [-0.1, -0.05) is 0 Å². The van der Waals surface area contributed by atoms with Gasteiger partial charge in [0.15, 0.2) is 0 Å². The van der Waals surface area contributed by atoms with Crippen LogP contribution >= 0.6 is 11.3 Å². The highest BCUT2D eigenvalue weighted by atomic mass is 32.1. The number of aromatic nitrogens is 1. The minimum Gasteiger partial charge on any atom is -0.397 e. The number of fused-ring (bicyclic) bond motifs is 3. The van der Waals surface area contributed by atoms with Crippen molar-refractivity contribution in [3.63, 3.8) is 0 Å². The van der Waals surface area contributed by atoms with Gasteiger partial charge in [0.1, 0.15) is 21.3 Å². The molecule has 2 fully saturated rings. The number of thiophene rings is 1. The van der Waals surface area contributed by atoms with Gasteiger partial charge in [-0.15, -0.1) is 11.3 Å².